The Morgan fingerprint density at radius 1 is 1.07 bits per heavy atom. The van der Waals surface area contributed by atoms with Crippen LogP contribution in [0, 0.1) is 0 Å². The van der Waals surface area contributed by atoms with E-state index < -0.39 is 0 Å². The van der Waals surface area contributed by atoms with E-state index in [1.54, 1.807) is 31.4 Å². The monoisotopic (exact) mass is 398 g/mol. The highest BCUT2D eigenvalue weighted by atomic mass is 32.2. The third kappa shape index (κ3) is 5.29. The minimum Gasteiger partial charge on any atom is -0.497 e. The van der Waals surface area contributed by atoms with Gasteiger partial charge in [0, 0.05) is 11.1 Å². The fourth-order valence-corrected chi connectivity index (χ4v) is 3.31. The standard InChI is InChI=1S/C21H22N2O4S/c1-14(19-11-15-5-3-4-6-18(15)27-19)22-20(24)12-28-13-21(25)23-16-7-9-17(26-2)10-8-16/h3-11,14H,12-13H2,1-2H3,(H,22,24)(H,23,25)/t14-/m0/s1. The maximum atomic E-state index is 12.1. The number of thioether (sulfide) groups is 1. The van der Waals surface area contributed by atoms with Gasteiger partial charge in [-0.15, -0.1) is 11.8 Å². The lowest BCUT2D eigenvalue weighted by Crippen LogP contribution is -2.28. The number of amides is 2. The molecule has 0 saturated heterocycles. The Morgan fingerprint density at radius 2 is 1.79 bits per heavy atom. The Labute approximate surface area is 167 Å². The molecule has 146 valence electrons. The lowest BCUT2D eigenvalue weighted by molar-refractivity contribution is -0.119. The number of carbonyl (C=O) groups excluding carboxylic acids is 2. The number of fused-ring (bicyclic) bond motifs is 1. The van der Waals surface area contributed by atoms with E-state index in [1.165, 1.54) is 11.8 Å². The van der Waals surface area contributed by atoms with Crippen LogP contribution in [0.3, 0.4) is 0 Å². The van der Waals surface area contributed by atoms with Crippen molar-refractivity contribution in [1.29, 1.82) is 0 Å². The molecule has 2 aromatic carbocycles. The van der Waals surface area contributed by atoms with Crippen LogP contribution in [0.25, 0.3) is 11.0 Å². The summed E-state index contributed by atoms with van der Waals surface area (Å²) in [5.74, 6) is 1.52. The molecule has 3 rings (SSSR count). The van der Waals surface area contributed by atoms with E-state index in [4.69, 9.17) is 9.15 Å². The van der Waals surface area contributed by atoms with E-state index >= 15 is 0 Å². The second kappa shape index (κ2) is 9.32. The number of ether oxygens (including phenoxy) is 1. The van der Waals surface area contributed by atoms with E-state index in [-0.39, 0.29) is 29.4 Å². The fraction of sp³-hybridized carbons (Fsp3) is 0.238. The molecule has 0 aliphatic heterocycles. The minimum absolute atomic E-state index is 0.143. The molecule has 2 N–H and O–H groups in total. The SMILES string of the molecule is COc1ccc(NC(=O)CSCC(=O)N[C@@H](C)c2cc3ccccc3o2)cc1. The minimum atomic E-state index is -0.242. The Bertz CT molecular complexity index is 919. The summed E-state index contributed by atoms with van der Waals surface area (Å²) >= 11 is 1.26. The quantitative estimate of drug-likeness (QED) is 0.600. The summed E-state index contributed by atoms with van der Waals surface area (Å²) < 4.78 is 10.8. The van der Waals surface area contributed by atoms with Gasteiger partial charge in [-0.2, -0.15) is 0 Å². The number of rotatable bonds is 8. The summed E-state index contributed by atoms with van der Waals surface area (Å²) in [5, 5.41) is 6.68. The van der Waals surface area contributed by atoms with Crippen molar-refractivity contribution in [3.63, 3.8) is 0 Å². The van der Waals surface area contributed by atoms with Crippen molar-refractivity contribution in [2.45, 2.75) is 13.0 Å². The normalized spacial score (nSPS) is 11.8. The topological polar surface area (TPSA) is 80.6 Å². The number of benzene rings is 2. The summed E-state index contributed by atoms with van der Waals surface area (Å²) in [6.45, 7) is 1.87. The van der Waals surface area contributed by atoms with Gasteiger partial charge in [0.2, 0.25) is 11.8 Å². The smallest absolute Gasteiger partial charge is 0.234 e. The van der Waals surface area contributed by atoms with Gasteiger partial charge in [-0.3, -0.25) is 9.59 Å². The lowest BCUT2D eigenvalue weighted by atomic mass is 10.2. The van der Waals surface area contributed by atoms with Gasteiger partial charge in [0.25, 0.3) is 0 Å². The van der Waals surface area contributed by atoms with Crippen LogP contribution in [-0.2, 0) is 9.59 Å². The first kappa shape index (κ1) is 19.8. The molecule has 0 radical (unpaired) electrons. The predicted molar refractivity (Wildman–Crippen MR) is 112 cm³/mol. The van der Waals surface area contributed by atoms with Crippen molar-refractivity contribution in [2.75, 3.05) is 23.9 Å². The number of hydrogen-bond acceptors (Lipinski definition) is 5. The predicted octanol–water partition coefficient (Wildman–Crippen LogP) is 3.99. The van der Waals surface area contributed by atoms with Gasteiger partial charge in [0.1, 0.15) is 17.1 Å². The van der Waals surface area contributed by atoms with Gasteiger partial charge in [0.15, 0.2) is 0 Å². The van der Waals surface area contributed by atoms with E-state index in [9.17, 15) is 9.59 Å². The van der Waals surface area contributed by atoms with Crippen LogP contribution in [0.2, 0.25) is 0 Å². The molecule has 1 aromatic heterocycles. The summed E-state index contributed by atoms with van der Waals surface area (Å²) in [6, 6.07) is 16.5. The van der Waals surface area contributed by atoms with E-state index in [2.05, 4.69) is 10.6 Å². The van der Waals surface area contributed by atoms with Gasteiger partial charge >= 0.3 is 0 Å². The molecule has 2 amide bonds. The molecule has 28 heavy (non-hydrogen) atoms. The first-order valence-corrected chi connectivity index (χ1v) is 10.00. The first-order valence-electron chi connectivity index (χ1n) is 8.84. The maximum absolute atomic E-state index is 12.1. The second-order valence-corrected chi connectivity index (χ2v) is 7.23. The highest BCUT2D eigenvalue weighted by Gasteiger charge is 2.14. The number of nitrogens with one attached hydrogen (secondary N) is 2. The third-order valence-corrected chi connectivity index (χ3v) is 5.02. The molecular formula is C21H22N2O4S. The van der Waals surface area contributed by atoms with Gasteiger partial charge in [-0.05, 0) is 43.3 Å². The number of methoxy groups -OCH3 is 1. The molecule has 3 aromatic rings. The Hall–Kier alpha value is -2.93. The summed E-state index contributed by atoms with van der Waals surface area (Å²) in [5.41, 5.74) is 1.48. The molecule has 7 heteroatoms. The number of furan rings is 1. The highest BCUT2D eigenvalue weighted by molar-refractivity contribution is 8.00. The van der Waals surface area contributed by atoms with Crippen molar-refractivity contribution >= 4 is 40.2 Å². The van der Waals surface area contributed by atoms with Gasteiger partial charge in [-0.25, -0.2) is 0 Å². The average molecular weight is 398 g/mol. The Balaban J connectivity index is 1.41. The first-order chi connectivity index (χ1) is 13.5. The highest BCUT2D eigenvalue weighted by Crippen LogP contribution is 2.23. The molecular weight excluding hydrogens is 376 g/mol. The summed E-state index contributed by atoms with van der Waals surface area (Å²) in [4.78, 5) is 24.1. The zero-order valence-corrected chi connectivity index (χ0v) is 16.5. The third-order valence-electron chi connectivity index (χ3n) is 4.09. The van der Waals surface area contributed by atoms with E-state index in [0.29, 0.717) is 11.4 Å². The van der Waals surface area contributed by atoms with Crippen LogP contribution in [0.4, 0.5) is 5.69 Å². The van der Waals surface area contributed by atoms with Crippen molar-refractivity contribution < 1.29 is 18.7 Å². The Morgan fingerprint density at radius 3 is 2.50 bits per heavy atom. The zero-order chi connectivity index (χ0) is 19.9. The average Bonchev–Trinajstić information content (AvgIpc) is 3.13. The van der Waals surface area contributed by atoms with Crippen molar-refractivity contribution in [2.24, 2.45) is 0 Å². The van der Waals surface area contributed by atoms with Crippen LogP contribution >= 0.6 is 11.8 Å². The summed E-state index contributed by atoms with van der Waals surface area (Å²) in [7, 11) is 1.59. The maximum Gasteiger partial charge on any atom is 0.234 e. The van der Waals surface area contributed by atoms with E-state index in [1.807, 2.05) is 37.3 Å². The second-order valence-electron chi connectivity index (χ2n) is 6.25. The number of para-hydroxylation sites is 1. The molecule has 0 aliphatic carbocycles. The van der Waals surface area contributed by atoms with Crippen molar-refractivity contribution in [3.8, 4) is 5.75 Å². The zero-order valence-electron chi connectivity index (χ0n) is 15.7. The number of hydrogen-bond donors (Lipinski definition) is 2. The van der Waals surface area contributed by atoms with Gasteiger partial charge < -0.3 is 19.8 Å². The van der Waals surface area contributed by atoms with Crippen LogP contribution in [0.1, 0.15) is 18.7 Å². The molecule has 1 heterocycles. The van der Waals surface area contributed by atoms with Crippen LogP contribution in [0.5, 0.6) is 5.75 Å². The molecule has 0 unspecified atom stereocenters. The van der Waals surface area contributed by atoms with Gasteiger partial charge in [0.05, 0.1) is 24.7 Å². The lowest BCUT2D eigenvalue weighted by Gasteiger charge is -2.11. The molecule has 1 atom stereocenters. The molecule has 0 aliphatic rings. The Kier molecular flexibility index (Phi) is 6.60. The summed E-state index contributed by atoms with van der Waals surface area (Å²) in [6.07, 6.45) is 0. The van der Waals surface area contributed by atoms with Crippen molar-refractivity contribution in [1.82, 2.24) is 5.32 Å². The molecule has 0 spiro atoms. The number of anilines is 1. The molecule has 0 bridgehead atoms. The molecule has 0 fully saturated rings. The van der Waals surface area contributed by atoms with Crippen LogP contribution < -0.4 is 15.4 Å². The van der Waals surface area contributed by atoms with Crippen LogP contribution in [0.15, 0.2) is 59.0 Å². The largest absolute Gasteiger partial charge is 0.497 e. The number of carbonyl (C=O) groups is 2. The van der Waals surface area contributed by atoms with Crippen LogP contribution in [-0.4, -0.2) is 30.4 Å². The fourth-order valence-electron chi connectivity index (χ4n) is 2.68. The van der Waals surface area contributed by atoms with Gasteiger partial charge in [-0.1, -0.05) is 18.2 Å². The van der Waals surface area contributed by atoms with Crippen molar-refractivity contribution in [3.05, 3.63) is 60.4 Å². The molecule has 0 saturated carbocycles. The van der Waals surface area contributed by atoms with E-state index in [0.717, 1.165) is 16.7 Å². The molecule has 6 nitrogen and oxygen atoms in total.